The lowest BCUT2D eigenvalue weighted by Gasteiger charge is -2.14. The van der Waals surface area contributed by atoms with E-state index in [1.165, 1.54) is 41.3 Å². The summed E-state index contributed by atoms with van der Waals surface area (Å²) < 4.78 is 5.44. The molecule has 1 heterocycles. The number of phenolic OH excluding ortho intramolecular Hbond substituents is 1. The Labute approximate surface area is 179 Å². The Morgan fingerprint density at radius 1 is 1.20 bits per heavy atom. The summed E-state index contributed by atoms with van der Waals surface area (Å²) in [5.41, 5.74) is -0.0528. The Kier molecular flexibility index (Phi) is 5.99. The van der Waals surface area contributed by atoms with Crippen LogP contribution in [-0.2, 0) is 4.79 Å². The third-order valence-corrected chi connectivity index (χ3v) is 5.29. The Bertz CT molecular complexity index is 1100. The van der Waals surface area contributed by atoms with Crippen LogP contribution in [0.1, 0.15) is 12.5 Å². The number of nitrogens with zero attached hydrogens (tertiary/aromatic N) is 3. The number of thioether (sulfide) groups is 1. The summed E-state index contributed by atoms with van der Waals surface area (Å²) in [7, 11) is 0. The van der Waals surface area contributed by atoms with Gasteiger partial charge in [-0.2, -0.15) is 0 Å². The minimum atomic E-state index is -0.753. The summed E-state index contributed by atoms with van der Waals surface area (Å²) in [6.07, 6.45) is 1.40. The van der Waals surface area contributed by atoms with Crippen molar-refractivity contribution in [1.29, 1.82) is 0 Å². The van der Waals surface area contributed by atoms with Crippen LogP contribution in [0.3, 0.4) is 0 Å². The molecular formula is C18H13N3O7S2. The molecule has 3 rings (SSSR count). The van der Waals surface area contributed by atoms with E-state index in [0.29, 0.717) is 5.69 Å². The van der Waals surface area contributed by atoms with Crippen molar-refractivity contribution < 1.29 is 24.5 Å². The van der Waals surface area contributed by atoms with Crippen LogP contribution in [-0.4, -0.2) is 31.8 Å². The van der Waals surface area contributed by atoms with Crippen molar-refractivity contribution in [3.05, 3.63) is 67.1 Å². The maximum absolute atomic E-state index is 12.8. The van der Waals surface area contributed by atoms with Crippen LogP contribution in [0, 0.1) is 20.2 Å². The minimum Gasteiger partial charge on any atom is -0.500 e. The minimum absolute atomic E-state index is 0.0798. The third-order valence-electron chi connectivity index (χ3n) is 3.98. The first-order valence-electron chi connectivity index (χ1n) is 8.39. The molecule has 2 aromatic carbocycles. The second kappa shape index (κ2) is 8.47. The summed E-state index contributed by atoms with van der Waals surface area (Å²) in [6, 6.07) is 7.83. The molecule has 0 aromatic heterocycles. The van der Waals surface area contributed by atoms with Crippen molar-refractivity contribution in [2.45, 2.75) is 6.92 Å². The Hall–Kier alpha value is -3.51. The Morgan fingerprint density at radius 2 is 1.87 bits per heavy atom. The predicted molar refractivity (Wildman–Crippen MR) is 115 cm³/mol. The molecule has 1 N–H and O–H groups in total. The van der Waals surface area contributed by atoms with Crippen molar-refractivity contribution in [2.24, 2.45) is 0 Å². The van der Waals surface area contributed by atoms with Crippen LogP contribution >= 0.6 is 24.0 Å². The zero-order chi connectivity index (χ0) is 22.0. The SMILES string of the molecule is CCOc1cc(C=C2SC(=S)N(c3ccc([N+](=O)[O-])cc3)C2=O)cc([N+](=O)[O-])c1O. The topological polar surface area (TPSA) is 136 Å². The monoisotopic (exact) mass is 447 g/mol. The first-order valence-corrected chi connectivity index (χ1v) is 9.62. The first-order chi connectivity index (χ1) is 14.2. The highest BCUT2D eigenvalue weighted by atomic mass is 32.2. The Balaban J connectivity index is 1.97. The molecule has 1 fully saturated rings. The molecule has 0 saturated carbocycles. The highest BCUT2D eigenvalue weighted by Gasteiger charge is 2.34. The van der Waals surface area contributed by atoms with Crippen molar-refractivity contribution in [2.75, 3.05) is 11.5 Å². The standard InChI is InChI=1S/C18H13N3O7S2/c1-2-28-14-8-10(7-13(16(14)22)21(26)27)9-15-17(23)19(18(29)30-15)11-3-5-12(6-4-11)20(24)25/h3-9,22H,2H2,1H3. The molecule has 10 nitrogen and oxygen atoms in total. The zero-order valence-corrected chi connectivity index (χ0v) is 16.9. The molecule has 0 aliphatic carbocycles. The van der Waals surface area contributed by atoms with E-state index in [1.54, 1.807) is 6.92 Å². The lowest BCUT2D eigenvalue weighted by Crippen LogP contribution is -2.27. The van der Waals surface area contributed by atoms with Crippen molar-refractivity contribution >= 4 is 57.3 Å². The van der Waals surface area contributed by atoms with Crippen LogP contribution in [0.4, 0.5) is 17.1 Å². The number of anilines is 1. The molecular weight excluding hydrogens is 434 g/mol. The molecule has 12 heteroatoms. The van der Waals surface area contributed by atoms with Gasteiger partial charge in [0.05, 0.1) is 27.0 Å². The number of aromatic hydroxyl groups is 1. The number of nitro groups is 2. The summed E-state index contributed by atoms with van der Waals surface area (Å²) in [4.78, 5) is 35.0. The van der Waals surface area contributed by atoms with E-state index in [1.807, 2.05) is 0 Å². The maximum atomic E-state index is 12.8. The molecule has 0 atom stereocenters. The molecule has 1 aliphatic heterocycles. The van der Waals surface area contributed by atoms with E-state index in [9.17, 15) is 30.1 Å². The number of carbonyl (C=O) groups excluding carboxylic acids is 1. The number of phenols is 1. The van der Waals surface area contributed by atoms with Gasteiger partial charge in [-0.25, -0.2) is 0 Å². The number of benzene rings is 2. The zero-order valence-electron chi connectivity index (χ0n) is 15.3. The van der Waals surface area contributed by atoms with Crippen LogP contribution in [0.15, 0.2) is 41.3 Å². The fourth-order valence-electron chi connectivity index (χ4n) is 2.67. The lowest BCUT2D eigenvalue weighted by molar-refractivity contribution is -0.386. The number of non-ortho nitro benzene ring substituents is 1. The number of nitro benzene ring substituents is 2. The second-order valence-electron chi connectivity index (χ2n) is 5.87. The molecule has 0 radical (unpaired) electrons. The van der Waals surface area contributed by atoms with Gasteiger partial charge in [-0.3, -0.25) is 29.9 Å². The van der Waals surface area contributed by atoms with Gasteiger partial charge in [0, 0.05) is 18.2 Å². The van der Waals surface area contributed by atoms with Gasteiger partial charge in [0.2, 0.25) is 5.75 Å². The molecule has 0 unspecified atom stereocenters. The maximum Gasteiger partial charge on any atom is 0.315 e. The average Bonchev–Trinajstić information content (AvgIpc) is 2.97. The molecule has 30 heavy (non-hydrogen) atoms. The van der Waals surface area contributed by atoms with E-state index in [0.717, 1.165) is 17.8 Å². The van der Waals surface area contributed by atoms with E-state index < -0.39 is 27.2 Å². The molecule has 1 saturated heterocycles. The summed E-state index contributed by atoms with van der Waals surface area (Å²) >= 11 is 6.23. The molecule has 0 bridgehead atoms. The largest absolute Gasteiger partial charge is 0.500 e. The average molecular weight is 447 g/mol. The van der Waals surface area contributed by atoms with Crippen molar-refractivity contribution in [1.82, 2.24) is 0 Å². The lowest BCUT2D eigenvalue weighted by atomic mass is 10.1. The molecule has 0 spiro atoms. The number of amides is 1. The van der Waals surface area contributed by atoms with Gasteiger partial charge < -0.3 is 9.84 Å². The normalized spacial score (nSPS) is 15.0. The highest BCUT2D eigenvalue weighted by Crippen LogP contribution is 2.40. The number of thiocarbonyl (C=S) groups is 1. The molecule has 1 aliphatic rings. The van der Waals surface area contributed by atoms with Crippen LogP contribution < -0.4 is 9.64 Å². The van der Waals surface area contributed by atoms with Crippen LogP contribution in [0.25, 0.3) is 6.08 Å². The van der Waals surface area contributed by atoms with E-state index in [2.05, 4.69) is 0 Å². The Morgan fingerprint density at radius 3 is 2.43 bits per heavy atom. The summed E-state index contributed by atoms with van der Waals surface area (Å²) in [5, 5.41) is 32.0. The summed E-state index contributed by atoms with van der Waals surface area (Å²) in [5.74, 6) is -1.16. The summed E-state index contributed by atoms with van der Waals surface area (Å²) in [6.45, 7) is 1.84. The van der Waals surface area contributed by atoms with E-state index in [4.69, 9.17) is 17.0 Å². The van der Waals surface area contributed by atoms with Gasteiger partial charge in [-0.05, 0) is 36.8 Å². The van der Waals surface area contributed by atoms with Gasteiger partial charge in [0.1, 0.15) is 0 Å². The van der Waals surface area contributed by atoms with Gasteiger partial charge >= 0.3 is 5.69 Å². The quantitative estimate of drug-likeness (QED) is 0.301. The smallest absolute Gasteiger partial charge is 0.315 e. The third kappa shape index (κ3) is 4.09. The number of carbonyl (C=O) groups is 1. The van der Waals surface area contributed by atoms with Gasteiger partial charge in [0.15, 0.2) is 10.1 Å². The van der Waals surface area contributed by atoms with Crippen molar-refractivity contribution in [3.63, 3.8) is 0 Å². The molecule has 154 valence electrons. The van der Waals surface area contributed by atoms with E-state index in [-0.39, 0.29) is 32.8 Å². The van der Waals surface area contributed by atoms with Gasteiger partial charge in [-0.1, -0.05) is 24.0 Å². The number of hydrogen-bond donors (Lipinski definition) is 1. The van der Waals surface area contributed by atoms with Gasteiger partial charge in [-0.15, -0.1) is 0 Å². The van der Waals surface area contributed by atoms with Crippen LogP contribution in [0.5, 0.6) is 11.5 Å². The number of ether oxygens (including phenoxy) is 1. The predicted octanol–water partition coefficient (Wildman–Crippen LogP) is 4.01. The number of hydrogen-bond acceptors (Lipinski definition) is 9. The fraction of sp³-hybridized carbons (Fsp3) is 0.111. The fourth-order valence-corrected chi connectivity index (χ4v) is 3.97. The molecule has 1 amide bonds. The van der Waals surface area contributed by atoms with Gasteiger partial charge in [0.25, 0.3) is 11.6 Å². The first kappa shape index (κ1) is 21.2. The van der Waals surface area contributed by atoms with E-state index >= 15 is 0 Å². The highest BCUT2D eigenvalue weighted by molar-refractivity contribution is 8.27. The molecule has 2 aromatic rings. The van der Waals surface area contributed by atoms with Crippen LogP contribution in [0.2, 0.25) is 0 Å². The number of rotatable bonds is 6. The second-order valence-corrected chi connectivity index (χ2v) is 7.54. The van der Waals surface area contributed by atoms with Crippen molar-refractivity contribution in [3.8, 4) is 11.5 Å².